The van der Waals surface area contributed by atoms with Crippen LogP contribution in [-0.2, 0) is 6.42 Å². The maximum absolute atomic E-state index is 12.3. The van der Waals surface area contributed by atoms with E-state index in [1.807, 2.05) is 20.8 Å². The Morgan fingerprint density at radius 3 is 2.32 bits per heavy atom. The third kappa shape index (κ3) is 3.03. The zero-order valence-corrected chi connectivity index (χ0v) is 13.1. The van der Waals surface area contributed by atoms with Gasteiger partial charge in [-0.1, -0.05) is 13.0 Å². The molecule has 2 aromatic rings. The van der Waals surface area contributed by atoms with E-state index in [9.17, 15) is 14.7 Å². The fourth-order valence-corrected chi connectivity index (χ4v) is 2.38. The standard InChI is InChI=1S/C17H19NO4/c1-5-14-11(4)7-15(22-14)16(19)18-13-8-12(17(20)21)9(2)6-10(13)3/h6-8H,5H2,1-4H3,(H,18,19)(H,20,21). The van der Waals surface area contributed by atoms with Crippen LogP contribution < -0.4 is 5.32 Å². The lowest BCUT2D eigenvalue weighted by molar-refractivity contribution is 0.0695. The average Bonchev–Trinajstić information content (AvgIpc) is 2.82. The minimum atomic E-state index is -1.02. The number of furan rings is 1. The number of carboxylic acid groups (broad SMARTS) is 1. The number of hydrogen-bond acceptors (Lipinski definition) is 3. The van der Waals surface area contributed by atoms with Gasteiger partial charge in [0.05, 0.1) is 5.56 Å². The van der Waals surface area contributed by atoms with Gasteiger partial charge in [0.1, 0.15) is 5.76 Å². The highest BCUT2D eigenvalue weighted by Gasteiger charge is 2.16. The predicted molar refractivity (Wildman–Crippen MR) is 83.7 cm³/mol. The van der Waals surface area contributed by atoms with Gasteiger partial charge in [0.15, 0.2) is 5.76 Å². The Kier molecular flexibility index (Phi) is 4.35. The average molecular weight is 301 g/mol. The number of aromatic carboxylic acids is 1. The van der Waals surface area contributed by atoms with Gasteiger partial charge < -0.3 is 14.8 Å². The summed E-state index contributed by atoms with van der Waals surface area (Å²) in [6, 6.07) is 4.90. The molecule has 5 heteroatoms. The van der Waals surface area contributed by atoms with Crippen molar-refractivity contribution < 1.29 is 19.1 Å². The highest BCUT2D eigenvalue weighted by atomic mass is 16.4. The van der Waals surface area contributed by atoms with Crippen LogP contribution in [0.1, 0.15) is 50.3 Å². The fourth-order valence-electron chi connectivity index (χ4n) is 2.38. The lowest BCUT2D eigenvalue weighted by Crippen LogP contribution is -2.13. The minimum absolute atomic E-state index is 0.172. The van der Waals surface area contributed by atoms with Crippen LogP contribution in [0.15, 0.2) is 22.6 Å². The second kappa shape index (κ2) is 6.05. The van der Waals surface area contributed by atoms with E-state index in [0.717, 1.165) is 16.9 Å². The van der Waals surface area contributed by atoms with Crippen LogP contribution in [0.4, 0.5) is 5.69 Å². The van der Waals surface area contributed by atoms with Crippen LogP contribution in [0.2, 0.25) is 0 Å². The highest BCUT2D eigenvalue weighted by Crippen LogP contribution is 2.22. The Morgan fingerprint density at radius 1 is 1.09 bits per heavy atom. The van der Waals surface area contributed by atoms with Crippen molar-refractivity contribution in [3.8, 4) is 0 Å². The molecular formula is C17H19NO4. The van der Waals surface area contributed by atoms with E-state index in [2.05, 4.69) is 5.32 Å². The number of carboxylic acids is 1. The van der Waals surface area contributed by atoms with Crippen molar-refractivity contribution in [3.05, 3.63) is 52.0 Å². The second-order valence-electron chi connectivity index (χ2n) is 5.31. The SMILES string of the molecule is CCc1oc(C(=O)Nc2cc(C(=O)O)c(C)cc2C)cc1C. The molecule has 5 nitrogen and oxygen atoms in total. The number of carbonyl (C=O) groups is 2. The molecule has 1 aromatic carbocycles. The van der Waals surface area contributed by atoms with Crippen molar-refractivity contribution in [3.63, 3.8) is 0 Å². The van der Waals surface area contributed by atoms with Crippen LogP contribution in [0.5, 0.6) is 0 Å². The van der Waals surface area contributed by atoms with E-state index >= 15 is 0 Å². The molecule has 0 atom stereocenters. The van der Waals surface area contributed by atoms with Gasteiger partial charge >= 0.3 is 5.97 Å². The summed E-state index contributed by atoms with van der Waals surface area (Å²) in [6.45, 7) is 7.39. The van der Waals surface area contributed by atoms with Crippen LogP contribution in [0.3, 0.4) is 0 Å². The molecule has 0 unspecified atom stereocenters. The number of hydrogen-bond donors (Lipinski definition) is 2. The van der Waals surface area contributed by atoms with Crippen molar-refractivity contribution in [1.29, 1.82) is 0 Å². The van der Waals surface area contributed by atoms with Gasteiger partial charge in [0, 0.05) is 12.1 Å². The van der Waals surface area contributed by atoms with E-state index in [1.165, 1.54) is 6.07 Å². The Balaban J connectivity index is 2.31. The third-order valence-electron chi connectivity index (χ3n) is 3.62. The summed E-state index contributed by atoms with van der Waals surface area (Å²) in [5, 5.41) is 11.9. The lowest BCUT2D eigenvalue weighted by Gasteiger charge is -2.10. The van der Waals surface area contributed by atoms with E-state index in [0.29, 0.717) is 17.7 Å². The van der Waals surface area contributed by atoms with E-state index in [1.54, 1.807) is 19.1 Å². The van der Waals surface area contributed by atoms with Gasteiger partial charge in [-0.2, -0.15) is 0 Å². The first kappa shape index (κ1) is 15.8. The predicted octanol–water partition coefficient (Wildman–Crippen LogP) is 3.72. The highest BCUT2D eigenvalue weighted by molar-refractivity contribution is 6.03. The molecule has 0 saturated heterocycles. The number of benzene rings is 1. The molecular weight excluding hydrogens is 282 g/mol. The Morgan fingerprint density at radius 2 is 1.77 bits per heavy atom. The molecule has 0 aliphatic heterocycles. The summed E-state index contributed by atoms with van der Waals surface area (Å²) in [5.74, 6) is -0.399. The minimum Gasteiger partial charge on any atom is -0.478 e. The summed E-state index contributed by atoms with van der Waals surface area (Å²) in [6.07, 6.45) is 0.714. The smallest absolute Gasteiger partial charge is 0.336 e. The third-order valence-corrected chi connectivity index (χ3v) is 3.62. The summed E-state index contributed by atoms with van der Waals surface area (Å²) in [7, 11) is 0. The molecule has 0 saturated carbocycles. The first-order chi connectivity index (χ1) is 10.3. The molecule has 0 aliphatic rings. The van der Waals surface area contributed by atoms with Crippen LogP contribution in [0.25, 0.3) is 0 Å². The zero-order chi connectivity index (χ0) is 16.4. The molecule has 116 valence electrons. The Hall–Kier alpha value is -2.56. The van der Waals surface area contributed by atoms with Gasteiger partial charge in [-0.15, -0.1) is 0 Å². The van der Waals surface area contributed by atoms with E-state index < -0.39 is 5.97 Å². The molecule has 2 rings (SSSR count). The van der Waals surface area contributed by atoms with Gasteiger partial charge in [0.2, 0.25) is 0 Å². The van der Waals surface area contributed by atoms with Crippen molar-refractivity contribution >= 4 is 17.6 Å². The molecule has 0 fully saturated rings. The number of carbonyl (C=O) groups excluding carboxylic acids is 1. The summed E-state index contributed by atoms with van der Waals surface area (Å²) >= 11 is 0. The normalized spacial score (nSPS) is 10.5. The number of amides is 1. The second-order valence-corrected chi connectivity index (χ2v) is 5.31. The summed E-state index contributed by atoms with van der Waals surface area (Å²) in [4.78, 5) is 23.5. The molecule has 0 spiro atoms. The van der Waals surface area contributed by atoms with E-state index in [-0.39, 0.29) is 17.2 Å². The largest absolute Gasteiger partial charge is 0.478 e. The molecule has 0 bridgehead atoms. The number of rotatable bonds is 4. The first-order valence-electron chi connectivity index (χ1n) is 7.08. The topological polar surface area (TPSA) is 79.5 Å². The number of aryl methyl sites for hydroxylation is 4. The van der Waals surface area contributed by atoms with Crippen molar-refractivity contribution in [2.24, 2.45) is 0 Å². The maximum Gasteiger partial charge on any atom is 0.336 e. The van der Waals surface area contributed by atoms with Crippen molar-refractivity contribution in [2.75, 3.05) is 5.32 Å². The molecule has 0 aliphatic carbocycles. The molecule has 1 aromatic heterocycles. The van der Waals surface area contributed by atoms with Gasteiger partial charge in [-0.3, -0.25) is 4.79 Å². The fraction of sp³-hybridized carbons (Fsp3) is 0.294. The number of nitrogens with one attached hydrogen (secondary N) is 1. The zero-order valence-electron chi connectivity index (χ0n) is 13.1. The van der Waals surface area contributed by atoms with Gasteiger partial charge in [-0.05, 0) is 49.6 Å². The van der Waals surface area contributed by atoms with Crippen LogP contribution >= 0.6 is 0 Å². The maximum atomic E-state index is 12.3. The summed E-state index contributed by atoms with van der Waals surface area (Å²) in [5.41, 5.74) is 3.03. The summed E-state index contributed by atoms with van der Waals surface area (Å²) < 4.78 is 5.51. The number of anilines is 1. The monoisotopic (exact) mass is 301 g/mol. The lowest BCUT2D eigenvalue weighted by atomic mass is 10.0. The van der Waals surface area contributed by atoms with Crippen molar-refractivity contribution in [1.82, 2.24) is 0 Å². The van der Waals surface area contributed by atoms with E-state index in [4.69, 9.17) is 4.42 Å². The van der Waals surface area contributed by atoms with Gasteiger partial charge in [0.25, 0.3) is 5.91 Å². The molecule has 22 heavy (non-hydrogen) atoms. The van der Waals surface area contributed by atoms with Crippen molar-refractivity contribution in [2.45, 2.75) is 34.1 Å². The molecule has 1 amide bonds. The Bertz CT molecular complexity index is 743. The Labute approximate surface area is 129 Å². The van der Waals surface area contributed by atoms with Gasteiger partial charge in [-0.25, -0.2) is 4.79 Å². The van der Waals surface area contributed by atoms with Crippen LogP contribution in [-0.4, -0.2) is 17.0 Å². The van der Waals surface area contributed by atoms with Crippen LogP contribution in [0, 0.1) is 20.8 Å². The molecule has 0 radical (unpaired) electrons. The quantitative estimate of drug-likeness (QED) is 0.902. The molecule has 2 N–H and O–H groups in total. The first-order valence-corrected chi connectivity index (χ1v) is 7.08. The molecule has 1 heterocycles.